The van der Waals surface area contributed by atoms with Crippen LogP contribution < -0.4 is 0 Å². The van der Waals surface area contributed by atoms with Crippen molar-refractivity contribution < 1.29 is 14.6 Å². The molecule has 1 aromatic carbocycles. The molecule has 2 saturated heterocycles. The minimum atomic E-state index is -0.843. The maximum absolute atomic E-state index is 12.8. The van der Waals surface area contributed by atoms with Gasteiger partial charge in [0.2, 0.25) is 0 Å². The molecule has 1 aromatic heterocycles. The van der Waals surface area contributed by atoms with Crippen LogP contribution in [0.15, 0.2) is 36.4 Å². The predicted molar refractivity (Wildman–Crippen MR) is 94.5 cm³/mol. The monoisotopic (exact) mass is 341 g/mol. The molecule has 2 fully saturated rings. The van der Waals surface area contributed by atoms with Crippen molar-refractivity contribution in [2.75, 3.05) is 45.9 Å². The lowest BCUT2D eigenvalue weighted by Gasteiger charge is -2.33. The van der Waals surface area contributed by atoms with Crippen LogP contribution in [-0.4, -0.2) is 77.3 Å². The van der Waals surface area contributed by atoms with E-state index in [-0.39, 0.29) is 5.91 Å². The van der Waals surface area contributed by atoms with E-state index < -0.39 is 5.60 Å². The Labute approximate surface area is 147 Å². The largest absolute Gasteiger partial charge is 0.387 e. The Hall–Kier alpha value is -2.02. The molecular weight excluding hydrogens is 318 g/mol. The van der Waals surface area contributed by atoms with Crippen LogP contribution in [0.1, 0.15) is 16.9 Å². The summed E-state index contributed by atoms with van der Waals surface area (Å²) in [6, 6.07) is 11.5. The van der Waals surface area contributed by atoms with Crippen LogP contribution in [-0.2, 0) is 4.74 Å². The molecule has 3 heterocycles. The van der Waals surface area contributed by atoms with Crippen LogP contribution in [0.4, 0.5) is 0 Å². The van der Waals surface area contributed by atoms with Gasteiger partial charge in [-0.05, 0) is 18.6 Å². The first-order valence-electron chi connectivity index (χ1n) is 8.81. The lowest BCUT2D eigenvalue weighted by Crippen LogP contribution is -2.49. The fourth-order valence-corrected chi connectivity index (χ4v) is 3.68. The minimum Gasteiger partial charge on any atom is -0.387 e. The molecule has 132 valence electrons. The van der Waals surface area contributed by atoms with Gasteiger partial charge in [-0.15, -0.1) is 0 Å². The standard InChI is InChI=1S/C19H23N3O3/c23-18(17-6-5-15-3-1-2-4-16(15)20-17)22-8-7-19(24,14-22)13-21-9-11-25-12-10-21/h1-6,24H,7-14H2. The maximum Gasteiger partial charge on any atom is 0.272 e. The normalized spacial score (nSPS) is 24.8. The Morgan fingerprint density at radius 1 is 1.16 bits per heavy atom. The molecule has 0 saturated carbocycles. The van der Waals surface area contributed by atoms with Crippen molar-refractivity contribution >= 4 is 16.8 Å². The molecule has 0 radical (unpaired) electrons. The second-order valence-electron chi connectivity index (χ2n) is 6.98. The highest BCUT2D eigenvalue weighted by Crippen LogP contribution is 2.24. The summed E-state index contributed by atoms with van der Waals surface area (Å²) < 4.78 is 5.35. The van der Waals surface area contributed by atoms with Crippen molar-refractivity contribution in [2.45, 2.75) is 12.0 Å². The summed E-state index contributed by atoms with van der Waals surface area (Å²) in [6.45, 7) is 4.60. The number of morpholine rings is 1. The Kier molecular flexibility index (Phi) is 4.41. The van der Waals surface area contributed by atoms with Crippen LogP contribution in [0.2, 0.25) is 0 Å². The summed E-state index contributed by atoms with van der Waals surface area (Å²) >= 11 is 0. The molecule has 4 rings (SSSR count). The number of aromatic nitrogens is 1. The first-order valence-corrected chi connectivity index (χ1v) is 8.81. The van der Waals surface area contributed by atoms with E-state index in [2.05, 4.69) is 9.88 Å². The molecule has 0 spiro atoms. The number of ether oxygens (including phenoxy) is 1. The smallest absolute Gasteiger partial charge is 0.272 e. The van der Waals surface area contributed by atoms with Crippen LogP contribution >= 0.6 is 0 Å². The fraction of sp³-hybridized carbons (Fsp3) is 0.474. The summed E-state index contributed by atoms with van der Waals surface area (Å²) in [7, 11) is 0. The van der Waals surface area contributed by atoms with Gasteiger partial charge < -0.3 is 14.7 Å². The number of rotatable bonds is 3. The Bertz CT molecular complexity index is 775. The number of pyridine rings is 1. The lowest BCUT2D eigenvalue weighted by atomic mass is 10.0. The third-order valence-corrected chi connectivity index (χ3v) is 5.06. The average Bonchev–Trinajstić information content (AvgIpc) is 3.03. The van der Waals surface area contributed by atoms with E-state index in [1.54, 1.807) is 11.0 Å². The highest BCUT2D eigenvalue weighted by molar-refractivity contribution is 5.95. The molecule has 0 bridgehead atoms. The highest BCUT2D eigenvalue weighted by atomic mass is 16.5. The Balaban J connectivity index is 1.45. The van der Waals surface area contributed by atoms with Gasteiger partial charge in [0, 0.05) is 31.6 Å². The van der Waals surface area contributed by atoms with Gasteiger partial charge in [-0.25, -0.2) is 4.98 Å². The number of benzene rings is 1. The third-order valence-electron chi connectivity index (χ3n) is 5.06. The first-order chi connectivity index (χ1) is 12.1. The van der Waals surface area contributed by atoms with E-state index in [9.17, 15) is 9.90 Å². The number of para-hydroxylation sites is 1. The van der Waals surface area contributed by atoms with Gasteiger partial charge in [-0.1, -0.05) is 24.3 Å². The van der Waals surface area contributed by atoms with Gasteiger partial charge in [0.25, 0.3) is 5.91 Å². The van der Waals surface area contributed by atoms with Gasteiger partial charge in [-0.2, -0.15) is 0 Å². The van der Waals surface area contributed by atoms with E-state index in [0.717, 1.165) is 24.0 Å². The summed E-state index contributed by atoms with van der Waals surface area (Å²) in [5, 5.41) is 11.9. The molecule has 1 N–H and O–H groups in total. The number of amides is 1. The van der Waals surface area contributed by atoms with Crippen molar-refractivity contribution in [3.05, 3.63) is 42.1 Å². The van der Waals surface area contributed by atoms with Crippen LogP contribution in [0, 0.1) is 0 Å². The van der Waals surface area contributed by atoms with Crippen molar-refractivity contribution in [1.29, 1.82) is 0 Å². The number of hydrogen-bond acceptors (Lipinski definition) is 5. The maximum atomic E-state index is 12.8. The number of β-amino-alcohol motifs (C(OH)–C–C–N with tert-alkyl or cyclic N) is 1. The third kappa shape index (κ3) is 3.51. The Morgan fingerprint density at radius 3 is 2.80 bits per heavy atom. The van der Waals surface area contributed by atoms with Crippen molar-refractivity contribution in [2.24, 2.45) is 0 Å². The number of carbonyl (C=O) groups excluding carboxylic acids is 1. The number of carbonyl (C=O) groups is 1. The minimum absolute atomic E-state index is 0.108. The first kappa shape index (κ1) is 16.4. The van der Waals surface area contributed by atoms with E-state index in [4.69, 9.17) is 4.74 Å². The van der Waals surface area contributed by atoms with Gasteiger partial charge in [0.15, 0.2) is 0 Å². The summed E-state index contributed by atoms with van der Waals surface area (Å²) in [5.74, 6) is -0.108. The Morgan fingerprint density at radius 2 is 1.96 bits per heavy atom. The summed E-state index contributed by atoms with van der Waals surface area (Å²) in [5.41, 5.74) is 0.412. The summed E-state index contributed by atoms with van der Waals surface area (Å²) in [6.07, 6.45) is 0.601. The zero-order valence-corrected chi connectivity index (χ0v) is 14.2. The van der Waals surface area contributed by atoms with Crippen LogP contribution in [0.25, 0.3) is 10.9 Å². The van der Waals surface area contributed by atoms with Crippen molar-refractivity contribution in [1.82, 2.24) is 14.8 Å². The molecule has 2 aliphatic heterocycles. The zero-order chi connectivity index (χ0) is 17.3. The summed E-state index contributed by atoms with van der Waals surface area (Å²) in [4.78, 5) is 21.2. The molecule has 2 aliphatic rings. The molecule has 25 heavy (non-hydrogen) atoms. The van der Waals surface area contributed by atoms with E-state index in [1.807, 2.05) is 30.3 Å². The second-order valence-corrected chi connectivity index (χ2v) is 6.98. The fourth-order valence-electron chi connectivity index (χ4n) is 3.68. The number of likely N-dealkylation sites (tertiary alicyclic amines) is 1. The zero-order valence-electron chi connectivity index (χ0n) is 14.2. The molecule has 6 nitrogen and oxygen atoms in total. The van der Waals surface area contributed by atoms with Crippen molar-refractivity contribution in [3.63, 3.8) is 0 Å². The van der Waals surface area contributed by atoms with Gasteiger partial charge in [0.05, 0.1) is 30.9 Å². The predicted octanol–water partition coefficient (Wildman–Crippen LogP) is 1.14. The number of hydrogen-bond donors (Lipinski definition) is 1. The van der Waals surface area contributed by atoms with Crippen LogP contribution in [0.3, 0.4) is 0 Å². The number of fused-ring (bicyclic) bond motifs is 1. The molecule has 1 unspecified atom stereocenters. The topological polar surface area (TPSA) is 65.9 Å². The number of aliphatic hydroxyl groups is 1. The number of nitrogens with zero attached hydrogens (tertiary/aromatic N) is 3. The second kappa shape index (κ2) is 6.71. The van der Waals surface area contributed by atoms with E-state index in [0.29, 0.717) is 45.0 Å². The average molecular weight is 341 g/mol. The van der Waals surface area contributed by atoms with E-state index in [1.165, 1.54) is 0 Å². The molecule has 1 amide bonds. The molecule has 1 atom stereocenters. The quantitative estimate of drug-likeness (QED) is 0.907. The van der Waals surface area contributed by atoms with Gasteiger partial charge in [-0.3, -0.25) is 9.69 Å². The molecule has 6 heteroatoms. The molecule has 2 aromatic rings. The lowest BCUT2D eigenvalue weighted by molar-refractivity contribution is -0.0257. The van der Waals surface area contributed by atoms with Crippen LogP contribution in [0.5, 0.6) is 0 Å². The highest BCUT2D eigenvalue weighted by Gasteiger charge is 2.40. The molecule has 0 aliphatic carbocycles. The molecular formula is C19H23N3O3. The van der Waals surface area contributed by atoms with Gasteiger partial charge >= 0.3 is 0 Å². The van der Waals surface area contributed by atoms with E-state index >= 15 is 0 Å². The van der Waals surface area contributed by atoms with Gasteiger partial charge in [0.1, 0.15) is 5.69 Å². The van der Waals surface area contributed by atoms with Crippen molar-refractivity contribution in [3.8, 4) is 0 Å². The SMILES string of the molecule is O=C(c1ccc2ccccc2n1)N1CCC(O)(CN2CCOCC2)C1.